The Morgan fingerprint density at radius 1 is 1.35 bits per heavy atom. The van der Waals surface area contributed by atoms with Crippen LogP contribution in [-0.2, 0) is 24.0 Å². The van der Waals surface area contributed by atoms with Gasteiger partial charge in [-0.25, -0.2) is 10.3 Å². The molecular weight excluding hydrogens is 304 g/mol. The van der Waals surface area contributed by atoms with Crippen LogP contribution in [0.25, 0.3) is 0 Å². The van der Waals surface area contributed by atoms with E-state index in [2.05, 4.69) is 5.32 Å². The summed E-state index contributed by atoms with van der Waals surface area (Å²) in [5.41, 5.74) is 1.27. The number of Topliss-reactive ketones (excluding diaryl/α,β-unsaturated/α-hetero) is 2. The summed E-state index contributed by atoms with van der Waals surface area (Å²) in [6.07, 6.45) is -0.876. The number of rotatable bonds is 5. The molecule has 0 saturated carbocycles. The van der Waals surface area contributed by atoms with Crippen molar-refractivity contribution in [3.05, 3.63) is 0 Å². The number of ether oxygens (including phenoxy) is 1. The van der Waals surface area contributed by atoms with Gasteiger partial charge in [-0.15, -0.1) is 0 Å². The van der Waals surface area contributed by atoms with Crippen LogP contribution in [0.15, 0.2) is 0 Å². The zero-order valence-electron chi connectivity index (χ0n) is 14.1. The van der Waals surface area contributed by atoms with E-state index in [9.17, 15) is 19.2 Å². The summed E-state index contributed by atoms with van der Waals surface area (Å²) in [6, 6.07) is -0.803. The van der Waals surface area contributed by atoms with E-state index in [1.54, 1.807) is 34.6 Å². The maximum absolute atomic E-state index is 12.4. The molecule has 0 radical (unpaired) electrons. The van der Waals surface area contributed by atoms with Crippen molar-refractivity contribution in [3.63, 3.8) is 0 Å². The summed E-state index contributed by atoms with van der Waals surface area (Å²) in [6.45, 7) is 8.63. The molecule has 1 heterocycles. The summed E-state index contributed by atoms with van der Waals surface area (Å²) < 4.78 is 5.14. The van der Waals surface area contributed by atoms with Crippen LogP contribution in [0.3, 0.4) is 0 Å². The molecule has 1 aliphatic rings. The molecule has 1 fully saturated rings. The number of carbonyl (C=O) groups is 4. The molecule has 0 aliphatic carbocycles. The van der Waals surface area contributed by atoms with Gasteiger partial charge in [0.1, 0.15) is 5.60 Å². The van der Waals surface area contributed by atoms with Crippen molar-refractivity contribution in [2.45, 2.75) is 52.7 Å². The van der Waals surface area contributed by atoms with Crippen molar-refractivity contribution in [2.75, 3.05) is 6.61 Å². The van der Waals surface area contributed by atoms with Crippen LogP contribution in [0, 0.1) is 11.8 Å². The lowest BCUT2D eigenvalue weighted by Gasteiger charge is -2.26. The van der Waals surface area contributed by atoms with Crippen LogP contribution in [0.2, 0.25) is 0 Å². The van der Waals surface area contributed by atoms with E-state index in [-0.39, 0.29) is 24.7 Å². The Morgan fingerprint density at radius 3 is 2.48 bits per heavy atom. The van der Waals surface area contributed by atoms with Gasteiger partial charge in [0.25, 0.3) is 0 Å². The van der Waals surface area contributed by atoms with Gasteiger partial charge in [-0.3, -0.25) is 19.2 Å². The Hall–Kier alpha value is -1.96. The second-order valence-electron chi connectivity index (χ2n) is 6.84. The molecule has 1 aliphatic heterocycles. The lowest BCUT2D eigenvalue weighted by molar-refractivity contribution is -0.158. The maximum Gasteiger partial charge on any atom is 0.408 e. The van der Waals surface area contributed by atoms with E-state index in [4.69, 9.17) is 9.57 Å². The number of hydrogen-bond acceptors (Lipinski definition) is 6. The minimum Gasteiger partial charge on any atom is -0.444 e. The van der Waals surface area contributed by atoms with Gasteiger partial charge in [-0.05, 0) is 26.7 Å². The number of nitrogens with one attached hydrogen (secondary N) is 2. The molecule has 2 amide bonds. The molecule has 0 aromatic rings. The zero-order chi connectivity index (χ0) is 17.8. The van der Waals surface area contributed by atoms with Crippen LogP contribution in [0.1, 0.15) is 41.0 Å². The Balaban J connectivity index is 2.69. The predicted molar refractivity (Wildman–Crippen MR) is 80.2 cm³/mol. The van der Waals surface area contributed by atoms with Gasteiger partial charge in [-0.1, -0.05) is 13.8 Å². The number of hydroxylamine groups is 1. The standard InChI is InChI=1S/C15H24N2O6/c1-8(2)11(16-14(21)23-15(3,4)5)10(18)6-9-7-22-17-13(20)12(9)19/h8-9,11H,6-7H2,1-5H3,(H,16,21)(H,17,20). The first kappa shape index (κ1) is 19.1. The summed E-state index contributed by atoms with van der Waals surface area (Å²) in [4.78, 5) is 52.0. The first-order valence-corrected chi connectivity index (χ1v) is 7.49. The highest BCUT2D eigenvalue weighted by Gasteiger charge is 2.35. The van der Waals surface area contributed by atoms with Crippen molar-refractivity contribution in [1.82, 2.24) is 10.8 Å². The van der Waals surface area contributed by atoms with Crippen LogP contribution in [0.5, 0.6) is 0 Å². The molecular formula is C15H24N2O6. The van der Waals surface area contributed by atoms with Gasteiger partial charge >= 0.3 is 12.0 Å². The second kappa shape index (κ2) is 7.54. The highest BCUT2D eigenvalue weighted by atomic mass is 16.7. The first-order chi connectivity index (χ1) is 10.5. The van der Waals surface area contributed by atoms with Gasteiger partial charge in [0.2, 0.25) is 5.78 Å². The summed E-state index contributed by atoms with van der Waals surface area (Å²) in [5.74, 6) is -2.93. The summed E-state index contributed by atoms with van der Waals surface area (Å²) >= 11 is 0. The Labute approximate surface area is 135 Å². The van der Waals surface area contributed by atoms with Crippen LogP contribution >= 0.6 is 0 Å². The van der Waals surface area contributed by atoms with Crippen molar-refractivity contribution in [3.8, 4) is 0 Å². The molecule has 130 valence electrons. The fourth-order valence-electron chi connectivity index (χ4n) is 2.09. The molecule has 2 unspecified atom stereocenters. The Kier molecular flexibility index (Phi) is 6.26. The molecule has 8 heteroatoms. The first-order valence-electron chi connectivity index (χ1n) is 7.49. The van der Waals surface area contributed by atoms with Crippen molar-refractivity contribution in [2.24, 2.45) is 11.8 Å². The average Bonchev–Trinajstić information content (AvgIpc) is 2.39. The molecule has 1 rings (SSSR count). The van der Waals surface area contributed by atoms with E-state index in [1.807, 2.05) is 5.48 Å². The SMILES string of the molecule is CC(C)C(NC(=O)OC(C)(C)C)C(=O)CC1CONC(=O)C1=O. The summed E-state index contributed by atoms with van der Waals surface area (Å²) in [7, 11) is 0. The Bertz CT molecular complexity index is 495. The number of ketones is 2. The van der Waals surface area contributed by atoms with Crippen molar-refractivity contribution >= 4 is 23.6 Å². The third-order valence-corrected chi connectivity index (χ3v) is 3.18. The summed E-state index contributed by atoms with van der Waals surface area (Å²) in [5, 5.41) is 2.53. The number of alkyl carbamates (subject to hydrolysis) is 1. The van der Waals surface area contributed by atoms with E-state index in [0.29, 0.717) is 0 Å². The smallest absolute Gasteiger partial charge is 0.408 e. The maximum atomic E-state index is 12.4. The number of hydrogen-bond donors (Lipinski definition) is 2. The minimum absolute atomic E-state index is 0.0619. The largest absolute Gasteiger partial charge is 0.444 e. The molecule has 23 heavy (non-hydrogen) atoms. The molecule has 0 aromatic carbocycles. The monoisotopic (exact) mass is 328 g/mol. The van der Waals surface area contributed by atoms with E-state index in [1.165, 1.54) is 0 Å². The quantitative estimate of drug-likeness (QED) is 0.720. The highest BCUT2D eigenvalue weighted by Crippen LogP contribution is 2.15. The lowest BCUT2D eigenvalue weighted by Crippen LogP contribution is -2.49. The van der Waals surface area contributed by atoms with E-state index < -0.39 is 35.3 Å². The van der Waals surface area contributed by atoms with E-state index in [0.717, 1.165) is 0 Å². The molecule has 0 bridgehead atoms. The van der Waals surface area contributed by atoms with Crippen LogP contribution in [-0.4, -0.2) is 41.8 Å². The zero-order valence-corrected chi connectivity index (χ0v) is 14.1. The van der Waals surface area contributed by atoms with Crippen molar-refractivity contribution < 1.29 is 28.8 Å². The molecule has 8 nitrogen and oxygen atoms in total. The van der Waals surface area contributed by atoms with Crippen molar-refractivity contribution in [1.29, 1.82) is 0 Å². The third-order valence-electron chi connectivity index (χ3n) is 3.18. The average molecular weight is 328 g/mol. The van der Waals surface area contributed by atoms with Gasteiger partial charge in [0, 0.05) is 6.42 Å². The topological polar surface area (TPSA) is 111 Å². The van der Waals surface area contributed by atoms with Gasteiger partial charge < -0.3 is 10.1 Å². The van der Waals surface area contributed by atoms with Gasteiger partial charge in [0.05, 0.1) is 18.6 Å². The molecule has 1 saturated heterocycles. The second-order valence-corrected chi connectivity index (χ2v) is 6.84. The third kappa shape index (κ3) is 5.97. The fourth-order valence-corrected chi connectivity index (χ4v) is 2.09. The van der Waals surface area contributed by atoms with E-state index >= 15 is 0 Å². The molecule has 2 atom stereocenters. The van der Waals surface area contributed by atoms with Gasteiger partial charge in [-0.2, -0.15) is 0 Å². The van der Waals surface area contributed by atoms with Crippen LogP contribution in [0.4, 0.5) is 4.79 Å². The molecule has 2 N–H and O–H groups in total. The van der Waals surface area contributed by atoms with Crippen LogP contribution < -0.4 is 10.8 Å². The lowest BCUT2D eigenvalue weighted by atomic mass is 9.90. The van der Waals surface area contributed by atoms with Gasteiger partial charge in [0.15, 0.2) is 5.78 Å². The number of carbonyl (C=O) groups excluding carboxylic acids is 4. The fraction of sp³-hybridized carbons (Fsp3) is 0.733. The highest BCUT2D eigenvalue weighted by molar-refractivity contribution is 6.37. The Morgan fingerprint density at radius 2 is 1.96 bits per heavy atom. The molecule has 0 aromatic heterocycles. The predicted octanol–water partition coefficient (Wildman–Crippen LogP) is 0.742. The molecule has 0 spiro atoms. The normalized spacial score (nSPS) is 20.0. The minimum atomic E-state index is -0.866. The number of amides is 2.